The van der Waals surface area contributed by atoms with Crippen LogP contribution < -0.4 is 20.1 Å². The van der Waals surface area contributed by atoms with Crippen molar-refractivity contribution in [3.8, 4) is 34.4 Å². The van der Waals surface area contributed by atoms with Crippen LogP contribution in [0.25, 0.3) is 32.9 Å². The van der Waals surface area contributed by atoms with E-state index in [1.807, 2.05) is 0 Å². The number of hydrogen-bond donors (Lipinski definition) is 2. The van der Waals surface area contributed by atoms with Crippen LogP contribution in [0.15, 0.2) is 29.4 Å². The quantitative estimate of drug-likeness (QED) is 0.0393. The summed E-state index contributed by atoms with van der Waals surface area (Å²) in [5.74, 6) is 2.34. The number of anilines is 1. The number of ether oxygens (including phenoxy) is 4. The highest BCUT2D eigenvalue weighted by Crippen LogP contribution is 2.43. The third-order valence-corrected chi connectivity index (χ3v) is 16.5. The second-order valence-electron chi connectivity index (χ2n) is 16.2. The first-order valence-electron chi connectivity index (χ1n) is 19.2. The average molecular weight is 826 g/mol. The SMILES string of the molecule is COCOc1cc(-c2nc(OC(C)C)c3c(NCCCNC(=O)OC(C)(C)C)nc(S(C)=O)nc3c2F)c2c(C#C[Si](C(C)C)(C(C)C)C(C)C)c(F)ccc2c1. The molecule has 11 nitrogen and oxygen atoms in total. The van der Waals surface area contributed by atoms with Crippen LogP contribution in [-0.2, 0) is 20.3 Å². The molecule has 0 spiro atoms. The fourth-order valence-corrected chi connectivity index (χ4v) is 12.8. The van der Waals surface area contributed by atoms with Gasteiger partial charge in [0.05, 0.1) is 22.5 Å². The number of fused-ring (bicyclic) bond motifs is 2. The summed E-state index contributed by atoms with van der Waals surface area (Å²) >= 11 is 0. The summed E-state index contributed by atoms with van der Waals surface area (Å²) in [5, 5.41) is 6.78. The second kappa shape index (κ2) is 18.9. The monoisotopic (exact) mass is 825 g/mol. The molecule has 2 aromatic heterocycles. The topological polar surface area (TPSA) is 134 Å². The first-order chi connectivity index (χ1) is 26.7. The summed E-state index contributed by atoms with van der Waals surface area (Å²) in [5.41, 5.74) is 3.76. The van der Waals surface area contributed by atoms with E-state index in [9.17, 15) is 9.00 Å². The Kier molecular flexibility index (Phi) is 15.0. The number of alkyl carbamates (subject to hydrolysis) is 1. The number of rotatable bonds is 15. The van der Waals surface area contributed by atoms with Gasteiger partial charge in [-0.25, -0.2) is 28.5 Å². The fraction of sp³-hybridized carbons (Fsp3) is 0.524. The standard InChI is InChI=1S/C42H57F2N5O6SSi/c1-24(2)54-39-34-37(48-40(56(13)51)49-38(34)45-18-14-19-46-41(50)55-42(9,10)11)35(44)36(47-39)31-22-29(53-23-52-12)21-28-15-16-32(43)30(33(28)31)17-20-57(25(3)4,26(5)6)27(7)8/h15-16,21-22,24-27H,14,18-19,23H2,1-13H3,(H,46,50)(H,45,48,49). The van der Waals surface area contributed by atoms with Crippen LogP contribution in [0.3, 0.4) is 0 Å². The van der Waals surface area contributed by atoms with Gasteiger partial charge in [0.25, 0.3) is 0 Å². The molecule has 4 aromatic rings. The number of aromatic nitrogens is 3. The summed E-state index contributed by atoms with van der Waals surface area (Å²) < 4.78 is 69.1. The minimum absolute atomic E-state index is 0.00506. The molecule has 0 saturated carbocycles. The maximum absolute atomic E-state index is 17.4. The molecule has 0 aliphatic carbocycles. The van der Waals surface area contributed by atoms with Gasteiger partial charge in [0, 0.05) is 37.4 Å². The highest BCUT2D eigenvalue weighted by Gasteiger charge is 2.42. The van der Waals surface area contributed by atoms with Gasteiger partial charge in [-0.3, -0.25) is 4.21 Å². The average Bonchev–Trinajstić information content (AvgIpc) is 3.10. The van der Waals surface area contributed by atoms with Gasteiger partial charge in [-0.05, 0) is 81.2 Å². The summed E-state index contributed by atoms with van der Waals surface area (Å²) in [6.07, 6.45) is 0.865. The Morgan fingerprint density at radius 2 is 1.61 bits per heavy atom. The van der Waals surface area contributed by atoms with Crippen molar-refractivity contribution in [1.29, 1.82) is 0 Å². The lowest BCUT2D eigenvalue weighted by Crippen LogP contribution is -2.43. The van der Waals surface area contributed by atoms with E-state index in [0.717, 1.165) is 0 Å². The number of carbonyl (C=O) groups is 1. The van der Waals surface area contributed by atoms with Crippen molar-refractivity contribution in [3.63, 3.8) is 0 Å². The van der Waals surface area contributed by atoms with Crippen molar-refractivity contribution >= 4 is 52.5 Å². The number of benzene rings is 2. The predicted molar refractivity (Wildman–Crippen MR) is 226 cm³/mol. The predicted octanol–water partition coefficient (Wildman–Crippen LogP) is 9.53. The summed E-state index contributed by atoms with van der Waals surface area (Å²) in [7, 11) is -2.57. The van der Waals surface area contributed by atoms with Crippen LogP contribution in [0.1, 0.15) is 88.1 Å². The Hall–Kier alpha value is -4.39. The van der Waals surface area contributed by atoms with Gasteiger partial charge in [0.1, 0.15) is 47.7 Å². The van der Waals surface area contributed by atoms with E-state index in [1.54, 1.807) is 52.8 Å². The Balaban J connectivity index is 2.02. The minimum atomic E-state index is -2.33. The molecule has 1 amide bonds. The lowest BCUT2D eigenvalue weighted by atomic mass is 9.95. The maximum Gasteiger partial charge on any atom is 0.407 e. The van der Waals surface area contributed by atoms with Gasteiger partial charge in [-0.15, -0.1) is 5.54 Å². The van der Waals surface area contributed by atoms with Crippen LogP contribution in [0.2, 0.25) is 16.6 Å². The number of amides is 1. The van der Waals surface area contributed by atoms with E-state index in [4.69, 9.17) is 23.9 Å². The van der Waals surface area contributed by atoms with Gasteiger partial charge in [0.15, 0.2) is 12.6 Å². The Labute approximate surface area is 338 Å². The zero-order valence-corrected chi connectivity index (χ0v) is 37.2. The summed E-state index contributed by atoms with van der Waals surface area (Å²) in [6.45, 7) is 22.5. The van der Waals surface area contributed by atoms with Gasteiger partial charge in [-0.1, -0.05) is 53.5 Å². The smallest absolute Gasteiger partial charge is 0.407 e. The number of methoxy groups -OCH3 is 1. The van der Waals surface area contributed by atoms with E-state index < -0.39 is 48.3 Å². The van der Waals surface area contributed by atoms with E-state index >= 15 is 8.78 Å². The third kappa shape index (κ3) is 10.6. The second-order valence-corrected chi connectivity index (χ2v) is 23.0. The van der Waals surface area contributed by atoms with Crippen molar-refractivity contribution in [2.75, 3.05) is 38.6 Å². The molecule has 2 N–H and O–H groups in total. The zero-order chi connectivity index (χ0) is 42.4. The zero-order valence-electron chi connectivity index (χ0n) is 35.4. The van der Waals surface area contributed by atoms with Gasteiger partial charge in [-0.2, -0.15) is 0 Å². The van der Waals surface area contributed by atoms with Crippen molar-refractivity contribution in [2.45, 2.75) is 116 Å². The Morgan fingerprint density at radius 3 is 2.19 bits per heavy atom. The lowest BCUT2D eigenvalue weighted by Gasteiger charge is -2.38. The molecule has 0 saturated heterocycles. The molecule has 1 atom stereocenters. The van der Waals surface area contributed by atoms with Gasteiger partial charge < -0.3 is 29.6 Å². The molecular weight excluding hydrogens is 769 g/mol. The van der Waals surface area contributed by atoms with Crippen molar-refractivity contribution in [3.05, 3.63) is 41.5 Å². The van der Waals surface area contributed by atoms with E-state index in [0.29, 0.717) is 22.9 Å². The normalized spacial score (nSPS) is 12.7. The molecule has 0 bridgehead atoms. The van der Waals surface area contributed by atoms with Crippen molar-refractivity contribution in [2.24, 2.45) is 0 Å². The van der Waals surface area contributed by atoms with Gasteiger partial charge >= 0.3 is 6.09 Å². The molecule has 0 radical (unpaired) electrons. The fourth-order valence-electron chi connectivity index (χ4n) is 7.20. The molecule has 15 heteroatoms. The molecule has 310 valence electrons. The largest absolute Gasteiger partial charge is 0.474 e. The van der Waals surface area contributed by atoms with Crippen LogP contribution in [0.4, 0.5) is 19.4 Å². The van der Waals surface area contributed by atoms with Crippen molar-refractivity contribution < 1.29 is 36.7 Å². The maximum atomic E-state index is 17.4. The number of pyridine rings is 1. The van der Waals surface area contributed by atoms with Crippen LogP contribution >= 0.6 is 0 Å². The molecule has 2 aromatic carbocycles. The summed E-state index contributed by atoms with van der Waals surface area (Å²) in [4.78, 5) is 25.9. The highest BCUT2D eigenvalue weighted by molar-refractivity contribution is 7.84. The van der Waals surface area contributed by atoms with Crippen LogP contribution in [0.5, 0.6) is 11.6 Å². The van der Waals surface area contributed by atoms with Crippen molar-refractivity contribution in [1.82, 2.24) is 20.3 Å². The third-order valence-electron chi connectivity index (χ3n) is 9.56. The van der Waals surface area contributed by atoms with E-state index in [2.05, 4.69) is 73.6 Å². The molecule has 0 aliphatic rings. The summed E-state index contributed by atoms with van der Waals surface area (Å²) in [6, 6.07) is 6.26. The van der Waals surface area contributed by atoms with Crippen LogP contribution in [0, 0.1) is 23.1 Å². The Bertz CT molecular complexity index is 2160. The molecule has 57 heavy (non-hydrogen) atoms. The molecule has 0 aliphatic heterocycles. The van der Waals surface area contributed by atoms with E-state index in [1.165, 1.54) is 19.4 Å². The first kappa shape index (κ1) is 45.3. The number of nitrogens with zero attached hydrogens (tertiary/aromatic N) is 3. The van der Waals surface area contributed by atoms with Gasteiger partial charge in [0.2, 0.25) is 11.0 Å². The first-order valence-corrected chi connectivity index (χ1v) is 23.0. The molecule has 0 fully saturated rings. The van der Waals surface area contributed by atoms with Crippen LogP contribution in [-0.4, -0.2) is 78.3 Å². The number of nitrogens with one attached hydrogen (secondary N) is 2. The van der Waals surface area contributed by atoms with E-state index in [-0.39, 0.29) is 81.1 Å². The molecule has 4 rings (SSSR count). The molecular formula is C42H57F2N5O6SSi. The number of carbonyl (C=O) groups excluding carboxylic acids is 1. The Morgan fingerprint density at radius 1 is 0.947 bits per heavy atom. The minimum Gasteiger partial charge on any atom is -0.474 e. The lowest BCUT2D eigenvalue weighted by molar-refractivity contribution is 0.0511. The highest BCUT2D eigenvalue weighted by atomic mass is 32.2. The molecule has 2 heterocycles. The molecule has 1 unspecified atom stereocenters. The number of halogens is 2. The number of hydrogen-bond acceptors (Lipinski definition) is 10.